The second kappa shape index (κ2) is 11.2. The molecule has 1 aromatic rings. The van der Waals surface area contributed by atoms with Gasteiger partial charge in [0.1, 0.15) is 0 Å². The first-order valence-corrected chi connectivity index (χ1v) is 8.38. The van der Waals surface area contributed by atoms with Gasteiger partial charge in [-0.2, -0.15) is 0 Å². The average Bonchev–Trinajstić information content (AvgIpc) is 2.56. The molecule has 0 aliphatic rings. The van der Waals surface area contributed by atoms with Gasteiger partial charge in [-0.25, -0.2) is 0 Å². The lowest BCUT2D eigenvalue weighted by Gasteiger charge is -2.07. The Morgan fingerprint density at radius 3 is 2.29 bits per heavy atom. The van der Waals surface area contributed by atoms with Crippen molar-refractivity contribution in [3.63, 3.8) is 0 Å². The normalized spacial score (nSPS) is 10.2. The summed E-state index contributed by atoms with van der Waals surface area (Å²) >= 11 is 0. The summed E-state index contributed by atoms with van der Waals surface area (Å²) in [6, 6.07) is 7.13. The summed E-state index contributed by atoms with van der Waals surface area (Å²) in [5.74, 6) is -0.901. The molecular weight excluding hydrogens is 308 g/mol. The van der Waals surface area contributed by atoms with E-state index in [1.165, 1.54) is 0 Å². The fraction of sp³-hybridized carbons (Fsp3) is 0.500. The number of amides is 2. The molecule has 0 atom stereocenters. The van der Waals surface area contributed by atoms with E-state index in [9.17, 15) is 14.4 Å². The van der Waals surface area contributed by atoms with E-state index in [1.54, 1.807) is 12.1 Å². The van der Waals surface area contributed by atoms with Gasteiger partial charge in [0.2, 0.25) is 5.91 Å². The van der Waals surface area contributed by atoms with Crippen molar-refractivity contribution in [3.8, 4) is 0 Å². The summed E-state index contributed by atoms with van der Waals surface area (Å²) in [7, 11) is 0. The van der Waals surface area contributed by atoms with Crippen LogP contribution in [0.3, 0.4) is 0 Å². The molecule has 0 aliphatic heterocycles. The lowest BCUT2D eigenvalue weighted by molar-refractivity contribution is -0.137. The molecule has 0 aromatic heterocycles. The Bertz CT molecular complexity index is 540. The molecule has 24 heavy (non-hydrogen) atoms. The predicted molar refractivity (Wildman–Crippen MR) is 91.6 cm³/mol. The predicted octanol–water partition coefficient (Wildman–Crippen LogP) is 2.48. The highest BCUT2D eigenvalue weighted by molar-refractivity contribution is 5.94. The van der Waals surface area contributed by atoms with Crippen molar-refractivity contribution in [2.45, 2.75) is 52.0 Å². The number of benzene rings is 1. The lowest BCUT2D eigenvalue weighted by atomic mass is 10.1. The molecule has 0 radical (unpaired) electrons. The molecule has 132 valence electrons. The quantitative estimate of drug-likeness (QED) is 0.542. The first-order chi connectivity index (χ1) is 11.5. The minimum atomic E-state index is -0.787. The maximum Gasteiger partial charge on any atom is 0.303 e. The van der Waals surface area contributed by atoms with Crippen molar-refractivity contribution < 1.29 is 19.5 Å². The number of carboxylic acid groups (broad SMARTS) is 1. The summed E-state index contributed by atoms with van der Waals surface area (Å²) in [5, 5.41) is 14.2. The van der Waals surface area contributed by atoms with Crippen molar-refractivity contribution in [2.24, 2.45) is 0 Å². The number of carboxylic acids is 1. The zero-order chi connectivity index (χ0) is 17.8. The summed E-state index contributed by atoms with van der Waals surface area (Å²) in [6.45, 7) is 2.96. The van der Waals surface area contributed by atoms with Gasteiger partial charge in [0.25, 0.3) is 5.91 Å². The second-order valence-corrected chi connectivity index (χ2v) is 5.68. The molecule has 0 aliphatic carbocycles. The molecule has 0 saturated carbocycles. The van der Waals surface area contributed by atoms with E-state index in [0.717, 1.165) is 24.8 Å². The van der Waals surface area contributed by atoms with Gasteiger partial charge >= 0.3 is 5.97 Å². The van der Waals surface area contributed by atoms with Gasteiger partial charge in [-0.1, -0.05) is 25.5 Å². The molecule has 3 N–H and O–H groups in total. The van der Waals surface area contributed by atoms with Crippen LogP contribution in [0.1, 0.15) is 61.4 Å². The van der Waals surface area contributed by atoms with Crippen LogP contribution in [0, 0.1) is 0 Å². The number of carbonyl (C=O) groups excluding carboxylic acids is 2. The Balaban J connectivity index is 2.28. The highest BCUT2D eigenvalue weighted by atomic mass is 16.4. The van der Waals surface area contributed by atoms with Crippen molar-refractivity contribution in [3.05, 3.63) is 35.4 Å². The van der Waals surface area contributed by atoms with Crippen LogP contribution < -0.4 is 10.6 Å². The van der Waals surface area contributed by atoms with Crippen molar-refractivity contribution in [1.29, 1.82) is 0 Å². The number of carbonyl (C=O) groups is 3. The van der Waals surface area contributed by atoms with E-state index in [0.29, 0.717) is 31.5 Å². The van der Waals surface area contributed by atoms with Crippen LogP contribution in [0.15, 0.2) is 24.3 Å². The average molecular weight is 334 g/mol. The maximum absolute atomic E-state index is 12.0. The summed E-state index contributed by atoms with van der Waals surface area (Å²) < 4.78 is 0. The molecule has 1 rings (SSSR count). The van der Waals surface area contributed by atoms with Gasteiger partial charge in [-0.05, 0) is 37.0 Å². The van der Waals surface area contributed by atoms with Crippen molar-refractivity contribution in [1.82, 2.24) is 10.6 Å². The number of nitrogens with one attached hydrogen (secondary N) is 2. The fourth-order valence-corrected chi connectivity index (χ4v) is 2.17. The van der Waals surface area contributed by atoms with Gasteiger partial charge in [-0.3, -0.25) is 14.4 Å². The molecule has 0 bridgehead atoms. The molecular formula is C18H26N2O4. The van der Waals surface area contributed by atoms with E-state index in [2.05, 4.69) is 10.6 Å². The zero-order valence-electron chi connectivity index (χ0n) is 14.1. The van der Waals surface area contributed by atoms with Crippen molar-refractivity contribution in [2.75, 3.05) is 6.54 Å². The van der Waals surface area contributed by atoms with Gasteiger partial charge in [0.15, 0.2) is 0 Å². The monoisotopic (exact) mass is 334 g/mol. The summed E-state index contributed by atoms with van der Waals surface area (Å²) in [6.07, 6.45) is 3.69. The van der Waals surface area contributed by atoms with E-state index >= 15 is 0 Å². The van der Waals surface area contributed by atoms with Crippen LogP contribution in [0.5, 0.6) is 0 Å². The SMILES string of the molecule is CCCC(=O)NCc1ccc(C(=O)NCCCCCC(=O)O)cc1. The van der Waals surface area contributed by atoms with E-state index < -0.39 is 5.97 Å². The van der Waals surface area contributed by atoms with Gasteiger partial charge in [-0.15, -0.1) is 0 Å². The molecule has 0 unspecified atom stereocenters. The molecule has 6 nitrogen and oxygen atoms in total. The van der Waals surface area contributed by atoms with Crippen LogP contribution in [-0.4, -0.2) is 29.4 Å². The third kappa shape index (κ3) is 8.31. The Labute approximate surface area is 142 Å². The fourth-order valence-electron chi connectivity index (χ4n) is 2.17. The maximum atomic E-state index is 12.0. The second-order valence-electron chi connectivity index (χ2n) is 5.68. The molecule has 6 heteroatoms. The first kappa shape index (κ1) is 19.7. The standard InChI is InChI=1S/C18H26N2O4/c1-2-6-16(21)20-13-14-8-10-15(11-9-14)18(24)19-12-5-3-4-7-17(22)23/h8-11H,2-7,12-13H2,1H3,(H,19,24)(H,20,21)(H,22,23). The Morgan fingerprint density at radius 1 is 0.958 bits per heavy atom. The topological polar surface area (TPSA) is 95.5 Å². The Morgan fingerprint density at radius 2 is 1.67 bits per heavy atom. The molecule has 0 heterocycles. The minimum Gasteiger partial charge on any atom is -0.481 e. The first-order valence-electron chi connectivity index (χ1n) is 8.38. The molecule has 2 amide bonds. The lowest BCUT2D eigenvalue weighted by Crippen LogP contribution is -2.24. The largest absolute Gasteiger partial charge is 0.481 e. The molecule has 0 spiro atoms. The van der Waals surface area contributed by atoms with Crippen LogP contribution in [0.4, 0.5) is 0 Å². The third-order valence-electron chi connectivity index (χ3n) is 3.54. The number of rotatable bonds is 11. The highest BCUT2D eigenvalue weighted by Gasteiger charge is 2.05. The van der Waals surface area contributed by atoms with Crippen LogP contribution in [-0.2, 0) is 16.1 Å². The number of hydrogen-bond acceptors (Lipinski definition) is 3. The summed E-state index contributed by atoms with van der Waals surface area (Å²) in [5.41, 5.74) is 1.52. The molecule has 0 saturated heterocycles. The highest BCUT2D eigenvalue weighted by Crippen LogP contribution is 2.05. The third-order valence-corrected chi connectivity index (χ3v) is 3.54. The Hall–Kier alpha value is -2.37. The van der Waals surface area contributed by atoms with E-state index in [1.807, 2.05) is 19.1 Å². The van der Waals surface area contributed by atoms with Crippen LogP contribution in [0.25, 0.3) is 0 Å². The molecule has 1 aromatic carbocycles. The summed E-state index contributed by atoms with van der Waals surface area (Å²) in [4.78, 5) is 33.8. The van der Waals surface area contributed by atoms with Gasteiger partial charge < -0.3 is 15.7 Å². The number of aliphatic carboxylic acids is 1. The zero-order valence-corrected chi connectivity index (χ0v) is 14.1. The van der Waals surface area contributed by atoms with Crippen molar-refractivity contribution >= 4 is 17.8 Å². The smallest absolute Gasteiger partial charge is 0.303 e. The Kier molecular flexibility index (Phi) is 9.19. The minimum absolute atomic E-state index is 0.0298. The van der Waals surface area contributed by atoms with Crippen LogP contribution >= 0.6 is 0 Å². The molecule has 0 fully saturated rings. The van der Waals surface area contributed by atoms with Gasteiger partial charge in [0, 0.05) is 31.5 Å². The van der Waals surface area contributed by atoms with E-state index in [-0.39, 0.29) is 18.2 Å². The number of unbranched alkanes of at least 4 members (excludes halogenated alkanes) is 2. The van der Waals surface area contributed by atoms with Crippen LogP contribution in [0.2, 0.25) is 0 Å². The van der Waals surface area contributed by atoms with E-state index in [4.69, 9.17) is 5.11 Å². The number of hydrogen-bond donors (Lipinski definition) is 3. The van der Waals surface area contributed by atoms with Gasteiger partial charge in [0.05, 0.1) is 0 Å².